The lowest BCUT2D eigenvalue weighted by atomic mass is 10.3. The minimum absolute atomic E-state index is 0.656. The Morgan fingerprint density at radius 2 is 2.20 bits per heavy atom. The Morgan fingerprint density at radius 3 is 2.93 bits per heavy atom. The van der Waals surface area contributed by atoms with E-state index in [0.717, 1.165) is 16.9 Å². The lowest BCUT2D eigenvalue weighted by Gasteiger charge is -2.17. The van der Waals surface area contributed by atoms with Gasteiger partial charge >= 0.3 is 0 Å². The maximum Gasteiger partial charge on any atom is 0.163 e. The van der Waals surface area contributed by atoms with Crippen molar-refractivity contribution in [3.8, 4) is 0 Å². The second-order valence-corrected chi connectivity index (χ2v) is 4.04. The zero-order valence-electron chi connectivity index (χ0n) is 8.88. The first kappa shape index (κ1) is 8.64. The summed E-state index contributed by atoms with van der Waals surface area (Å²) in [5.74, 6) is 0.996. The molecule has 2 aromatic heterocycles. The van der Waals surface area contributed by atoms with Crippen molar-refractivity contribution in [3.05, 3.63) is 12.5 Å². The van der Waals surface area contributed by atoms with Crippen LogP contribution in [0.1, 0.15) is 12.8 Å². The summed E-state index contributed by atoms with van der Waals surface area (Å²) < 4.78 is 1.78. The second-order valence-electron chi connectivity index (χ2n) is 4.04. The molecule has 3 rings (SSSR count). The average molecular weight is 203 g/mol. The van der Waals surface area contributed by atoms with Crippen LogP contribution in [0.25, 0.3) is 11.0 Å². The van der Waals surface area contributed by atoms with Gasteiger partial charge in [-0.3, -0.25) is 4.68 Å². The first-order valence-electron chi connectivity index (χ1n) is 5.13. The fourth-order valence-electron chi connectivity index (χ4n) is 1.87. The SMILES string of the molecule is CN(c1ncnc2c1cnn2C)C1CC1. The maximum atomic E-state index is 4.34. The number of aromatic nitrogens is 4. The molecule has 0 aromatic carbocycles. The van der Waals surface area contributed by atoms with Gasteiger partial charge in [-0.1, -0.05) is 0 Å². The van der Waals surface area contributed by atoms with E-state index in [2.05, 4.69) is 27.0 Å². The smallest absolute Gasteiger partial charge is 0.163 e. The normalized spacial score (nSPS) is 15.9. The van der Waals surface area contributed by atoms with Crippen LogP contribution in [-0.2, 0) is 7.05 Å². The van der Waals surface area contributed by atoms with E-state index in [0.29, 0.717) is 6.04 Å². The predicted octanol–water partition coefficient (Wildman–Crippen LogP) is 0.962. The highest BCUT2D eigenvalue weighted by Crippen LogP contribution is 2.31. The molecule has 5 heteroatoms. The molecule has 0 N–H and O–H groups in total. The van der Waals surface area contributed by atoms with Crippen LogP contribution in [0.5, 0.6) is 0 Å². The summed E-state index contributed by atoms with van der Waals surface area (Å²) in [4.78, 5) is 10.8. The number of aryl methyl sites for hydroxylation is 1. The molecule has 0 aliphatic heterocycles. The largest absolute Gasteiger partial charge is 0.356 e. The minimum atomic E-state index is 0.656. The first-order chi connectivity index (χ1) is 7.27. The topological polar surface area (TPSA) is 46.8 Å². The summed E-state index contributed by atoms with van der Waals surface area (Å²) in [5.41, 5.74) is 0.896. The predicted molar refractivity (Wildman–Crippen MR) is 57.7 cm³/mol. The highest BCUT2D eigenvalue weighted by atomic mass is 15.3. The van der Waals surface area contributed by atoms with E-state index in [1.807, 2.05) is 13.2 Å². The maximum absolute atomic E-state index is 4.34. The Morgan fingerprint density at radius 1 is 1.40 bits per heavy atom. The number of hydrogen-bond acceptors (Lipinski definition) is 4. The molecule has 0 atom stereocenters. The molecule has 1 fully saturated rings. The van der Waals surface area contributed by atoms with Crippen molar-refractivity contribution in [1.82, 2.24) is 19.7 Å². The highest BCUT2D eigenvalue weighted by molar-refractivity contribution is 5.86. The second kappa shape index (κ2) is 2.92. The van der Waals surface area contributed by atoms with Crippen molar-refractivity contribution in [3.63, 3.8) is 0 Å². The molecule has 0 saturated heterocycles. The van der Waals surface area contributed by atoms with Gasteiger partial charge in [-0.2, -0.15) is 5.10 Å². The molecule has 0 unspecified atom stereocenters. The zero-order chi connectivity index (χ0) is 10.4. The monoisotopic (exact) mass is 203 g/mol. The Labute approximate surface area is 87.7 Å². The Hall–Kier alpha value is -1.65. The van der Waals surface area contributed by atoms with Gasteiger partial charge in [0.25, 0.3) is 0 Å². The van der Waals surface area contributed by atoms with Gasteiger partial charge in [-0.15, -0.1) is 0 Å². The van der Waals surface area contributed by atoms with Crippen molar-refractivity contribution >= 4 is 16.9 Å². The van der Waals surface area contributed by atoms with Crippen molar-refractivity contribution in [2.24, 2.45) is 7.05 Å². The van der Waals surface area contributed by atoms with Gasteiger partial charge in [0.05, 0.1) is 11.6 Å². The molecule has 5 nitrogen and oxygen atoms in total. The summed E-state index contributed by atoms with van der Waals surface area (Å²) in [5, 5.41) is 5.24. The fourth-order valence-corrected chi connectivity index (χ4v) is 1.87. The number of fused-ring (bicyclic) bond motifs is 1. The Kier molecular flexibility index (Phi) is 1.68. The molecular weight excluding hydrogens is 190 g/mol. The van der Waals surface area contributed by atoms with E-state index < -0.39 is 0 Å². The van der Waals surface area contributed by atoms with Crippen molar-refractivity contribution < 1.29 is 0 Å². The van der Waals surface area contributed by atoms with Gasteiger partial charge in [0.2, 0.25) is 0 Å². The molecule has 78 valence electrons. The molecule has 0 amide bonds. The molecule has 2 heterocycles. The number of rotatable bonds is 2. The molecule has 1 aliphatic carbocycles. The number of hydrogen-bond donors (Lipinski definition) is 0. The first-order valence-corrected chi connectivity index (χ1v) is 5.13. The van der Waals surface area contributed by atoms with Gasteiger partial charge in [-0.25, -0.2) is 9.97 Å². The van der Waals surface area contributed by atoms with Crippen LogP contribution in [0.15, 0.2) is 12.5 Å². The van der Waals surface area contributed by atoms with Crippen molar-refractivity contribution in [2.45, 2.75) is 18.9 Å². The molecular formula is C10H13N5. The lowest BCUT2D eigenvalue weighted by Crippen LogP contribution is -2.20. The quantitative estimate of drug-likeness (QED) is 0.729. The van der Waals surface area contributed by atoms with Crippen molar-refractivity contribution in [2.75, 3.05) is 11.9 Å². The van der Waals surface area contributed by atoms with Gasteiger partial charge in [0.1, 0.15) is 12.1 Å². The molecule has 15 heavy (non-hydrogen) atoms. The van der Waals surface area contributed by atoms with Gasteiger partial charge in [0, 0.05) is 20.1 Å². The van der Waals surface area contributed by atoms with Gasteiger partial charge < -0.3 is 4.90 Å². The van der Waals surface area contributed by atoms with Crippen LogP contribution in [0.3, 0.4) is 0 Å². The molecule has 1 aliphatic rings. The summed E-state index contributed by atoms with van der Waals surface area (Å²) in [7, 11) is 3.99. The van der Waals surface area contributed by atoms with Crippen LogP contribution in [0.2, 0.25) is 0 Å². The van der Waals surface area contributed by atoms with Crippen LogP contribution in [-0.4, -0.2) is 32.8 Å². The standard InChI is InChI=1S/C10H13N5/c1-14(7-3-4-7)9-8-5-13-15(2)10(8)12-6-11-9/h5-7H,3-4H2,1-2H3. The molecule has 0 spiro atoms. The Bertz CT molecular complexity index is 499. The molecule has 0 bridgehead atoms. The van der Waals surface area contributed by atoms with E-state index >= 15 is 0 Å². The van der Waals surface area contributed by atoms with E-state index in [-0.39, 0.29) is 0 Å². The van der Waals surface area contributed by atoms with Crippen LogP contribution < -0.4 is 4.90 Å². The third-order valence-electron chi connectivity index (χ3n) is 2.94. The third kappa shape index (κ3) is 1.26. The van der Waals surface area contributed by atoms with E-state index in [1.54, 1.807) is 11.0 Å². The number of nitrogens with zero attached hydrogens (tertiary/aromatic N) is 5. The summed E-state index contributed by atoms with van der Waals surface area (Å²) in [6.07, 6.45) is 5.98. The molecule has 1 saturated carbocycles. The van der Waals surface area contributed by atoms with Crippen LogP contribution in [0, 0.1) is 0 Å². The lowest BCUT2D eigenvalue weighted by molar-refractivity contribution is 0.785. The summed E-state index contributed by atoms with van der Waals surface area (Å²) >= 11 is 0. The van der Waals surface area contributed by atoms with Crippen LogP contribution >= 0.6 is 0 Å². The minimum Gasteiger partial charge on any atom is -0.356 e. The van der Waals surface area contributed by atoms with E-state index in [1.165, 1.54) is 12.8 Å². The Balaban J connectivity index is 2.16. The summed E-state index contributed by atoms with van der Waals surface area (Å²) in [6, 6.07) is 0.656. The van der Waals surface area contributed by atoms with E-state index in [9.17, 15) is 0 Å². The van der Waals surface area contributed by atoms with Crippen molar-refractivity contribution in [1.29, 1.82) is 0 Å². The zero-order valence-corrected chi connectivity index (χ0v) is 8.88. The van der Waals surface area contributed by atoms with Gasteiger partial charge in [-0.05, 0) is 12.8 Å². The summed E-state index contributed by atoms with van der Waals surface area (Å²) in [6.45, 7) is 0. The third-order valence-corrected chi connectivity index (χ3v) is 2.94. The average Bonchev–Trinajstić information content (AvgIpc) is 3.03. The highest BCUT2D eigenvalue weighted by Gasteiger charge is 2.28. The number of anilines is 1. The van der Waals surface area contributed by atoms with E-state index in [4.69, 9.17) is 0 Å². The molecule has 2 aromatic rings. The molecule has 0 radical (unpaired) electrons. The van der Waals surface area contributed by atoms with Crippen LogP contribution in [0.4, 0.5) is 5.82 Å². The fraction of sp³-hybridized carbons (Fsp3) is 0.500. The van der Waals surface area contributed by atoms with Gasteiger partial charge in [0.15, 0.2) is 5.65 Å².